The summed E-state index contributed by atoms with van der Waals surface area (Å²) in [5, 5.41) is 13.9. The maximum absolute atomic E-state index is 11.6. The van der Waals surface area contributed by atoms with E-state index in [9.17, 15) is 14.4 Å². The van der Waals surface area contributed by atoms with Gasteiger partial charge in [0.25, 0.3) is 0 Å². The van der Waals surface area contributed by atoms with E-state index < -0.39 is 23.9 Å². The zero-order chi connectivity index (χ0) is 15.0. The lowest BCUT2D eigenvalue weighted by Crippen LogP contribution is -2.47. The van der Waals surface area contributed by atoms with Crippen LogP contribution in [0.4, 0.5) is 4.79 Å². The second-order valence-electron chi connectivity index (χ2n) is 4.83. The van der Waals surface area contributed by atoms with Crippen LogP contribution in [0.5, 0.6) is 0 Å². The monoisotopic (exact) mass is 287 g/mol. The molecule has 0 radical (unpaired) electrons. The minimum atomic E-state index is -1.19. The lowest BCUT2D eigenvalue weighted by Gasteiger charge is -2.22. The van der Waals surface area contributed by atoms with E-state index in [1.54, 1.807) is 0 Å². The largest absolute Gasteiger partial charge is 0.480 e. The van der Waals surface area contributed by atoms with Crippen LogP contribution in [0, 0.1) is 5.92 Å². The molecule has 0 aromatic rings. The van der Waals surface area contributed by atoms with Crippen molar-refractivity contribution in [3.63, 3.8) is 0 Å². The summed E-state index contributed by atoms with van der Waals surface area (Å²) < 4.78 is 5.28. The molecule has 5 N–H and O–H groups in total. The first-order valence-electron chi connectivity index (χ1n) is 6.62. The third kappa shape index (κ3) is 6.37. The van der Waals surface area contributed by atoms with Gasteiger partial charge < -0.3 is 26.2 Å². The normalized spacial score (nSPS) is 19.9. The van der Waals surface area contributed by atoms with Gasteiger partial charge in [-0.3, -0.25) is 4.79 Å². The molecule has 2 atom stereocenters. The van der Waals surface area contributed by atoms with Crippen molar-refractivity contribution < 1.29 is 24.2 Å². The molecule has 1 fully saturated rings. The van der Waals surface area contributed by atoms with Gasteiger partial charge in [-0.1, -0.05) is 0 Å². The molecule has 0 aromatic carbocycles. The number of urea groups is 1. The summed E-state index contributed by atoms with van der Waals surface area (Å²) in [6.45, 7) is 1.79. The number of amides is 3. The summed E-state index contributed by atoms with van der Waals surface area (Å²) in [5.41, 5.74) is 4.95. The molecule has 1 aliphatic rings. The number of hydrogen-bond donors (Lipinski definition) is 4. The molecule has 2 unspecified atom stereocenters. The highest BCUT2D eigenvalue weighted by Crippen LogP contribution is 2.11. The third-order valence-electron chi connectivity index (χ3n) is 3.09. The number of nitrogens with two attached hydrogens (primary N) is 1. The van der Waals surface area contributed by atoms with Gasteiger partial charge in [0.2, 0.25) is 5.91 Å². The van der Waals surface area contributed by atoms with Gasteiger partial charge in [-0.25, -0.2) is 9.59 Å². The molecular formula is C12H21N3O5. The molecule has 0 aliphatic carbocycles. The molecule has 1 saturated heterocycles. The number of carbonyl (C=O) groups is 3. The second-order valence-corrected chi connectivity index (χ2v) is 4.83. The first-order chi connectivity index (χ1) is 9.49. The summed E-state index contributed by atoms with van der Waals surface area (Å²) in [5.74, 6) is -1.54. The van der Waals surface area contributed by atoms with Crippen molar-refractivity contribution in [2.45, 2.75) is 31.7 Å². The van der Waals surface area contributed by atoms with Crippen molar-refractivity contribution in [2.75, 3.05) is 19.8 Å². The van der Waals surface area contributed by atoms with Gasteiger partial charge >= 0.3 is 12.0 Å². The van der Waals surface area contributed by atoms with E-state index in [1.165, 1.54) is 0 Å². The highest BCUT2D eigenvalue weighted by Gasteiger charge is 2.21. The molecule has 20 heavy (non-hydrogen) atoms. The second kappa shape index (κ2) is 8.36. The van der Waals surface area contributed by atoms with Gasteiger partial charge in [0.1, 0.15) is 6.04 Å². The first-order valence-corrected chi connectivity index (χ1v) is 6.62. The number of hydrogen-bond acceptors (Lipinski definition) is 4. The highest BCUT2D eigenvalue weighted by atomic mass is 16.5. The lowest BCUT2D eigenvalue weighted by atomic mass is 10.0. The van der Waals surface area contributed by atoms with E-state index in [2.05, 4.69) is 10.6 Å². The van der Waals surface area contributed by atoms with Gasteiger partial charge in [-0.2, -0.15) is 0 Å². The SMILES string of the molecule is NC(=O)CCC(NC(=O)NCC1CCCOC1)C(=O)O. The van der Waals surface area contributed by atoms with Crippen LogP contribution >= 0.6 is 0 Å². The Morgan fingerprint density at radius 1 is 1.40 bits per heavy atom. The zero-order valence-corrected chi connectivity index (χ0v) is 11.3. The molecule has 8 heteroatoms. The molecule has 0 aromatic heterocycles. The van der Waals surface area contributed by atoms with Crippen molar-refractivity contribution in [1.82, 2.24) is 10.6 Å². The number of ether oxygens (including phenoxy) is 1. The van der Waals surface area contributed by atoms with Crippen LogP contribution in [0.25, 0.3) is 0 Å². The van der Waals surface area contributed by atoms with E-state index >= 15 is 0 Å². The Labute approximate surface area is 117 Å². The van der Waals surface area contributed by atoms with E-state index in [-0.39, 0.29) is 18.8 Å². The number of nitrogens with one attached hydrogen (secondary N) is 2. The van der Waals surface area contributed by atoms with E-state index in [0.717, 1.165) is 19.4 Å². The zero-order valence-electron chi connectivity index (χ0n) is 11.3. The first kappa shape index (κ1) is 16.2. The predicted molar refractivity (Wildman–Crippen MR) is 69.9 cm³/mol. The number of carboxylic acid groups (broad SMARTS) is 1. The fraction of sp³-hybridized carbons (Fsp3) is 0.750. The maximum Gasteiger partial charge on any atom is 0.326 e. The minimum absolute atomic E-state index is 0.0232. The lowest BCUT2D eigenvalue weighted by molar-refractivity contribution is -0.139. The van der Waals surface area contributed by atoms with Gasteiger partial charge in [0.05, 0.1) is 6.61 Å². The van der Waals surface area contributed by atoms with Gasteiger partial charge in [0.15, 0.2) is 0 Å². The smallest absolute Gasteiger partial charge is 0.326 e. The molecule has 8 nitrogen and oxygen atoms in total. The quantitative estimate of drug-likeness (QED) is 0.498. The maximum atomic E-state index is 11.6. The minimum Gasteiger partial charge on any atom is -0.480 e. The molecule has 3 amide bonds. The van der Waals surface area contributed by atoms with E-state index in [4.69, 9.17) is 15.6 Å². The van der Waals surface area contributed by atoms with Crippen molar-refractivity contribution >= 4 is 17.9 Å². The van der Waals surface area contributed by atoms with Gasteiger partial charge in [0, 0.05) is 19.6 Å². The van der Waals surface area contributed by atoms with Crippen LogP contribution in [0.1, 0.15) is 25.7 Å². The number of carbonyl (C=O) groups excluding carboxylic acids is 2. The van der Waals surface area contributed by atoms with E-state index in [1.807, 2.05) is 0 Å². The molecule has 0 saturated carbocycles. The molecule has 0 spiro atoms. The van der Waals surface area contributed by atoms with Crippen LogP contribution in [0.3, 0.4) is 0 Å². The molecule has 1 rings (SSSR count). The predicted octanol–water partition coefficient (Wildman–Crippen LogP) is -0.569. The van der Waals surface area contributed by atoms with Crippen LogP contribution in [0.15, 0.2) is 0 Å². The Hall–Kier alpha value is -1.83. The summed E-state index contributed by atoms with van der Waals surface area (Å²) in [6.07, 6.45) is 1.83. The van der Waals surface area contributed by atoms with Crippen LogP contribution < -0.4 is 16.4 Å². The summed E-state index contributed by atoms with van der Waals surface area (Å²) in [4.78, 5) is 33.2. The standard InChI is InChI=1S/C12H21N3O5/c13-10(16)4-3-9(11(17)18)15-12(19)14-6-8-2-1-5-20-7-8/h8-9H,1-7H2,(H2,13,16)(H,17,18)(H2,14,15,19). The van der Waals surface area contributed by atoms with Crippen LogP contribution in [-0.4, -0.2) is 48.8 Å². The summed E-state index contributed by atoms with van der Waals surface area (Å²) >= 11 is 0. The average Bonchev–Trinajstić information content (AvgIpc) is 2.41. The number of primary amides is 1. The van der Waals surface area contributed by atoms with Crippen molar-refractivity contribution in [1.29, 1.82) is 0 Å². The third-order valence-corrected chi connectivity index (χ3v) is 3.09. The summed E-state index contributed by atoms with van der Waals surface area (Å²) in [7, 11) is 0. The molecule has 1 aliphatic heterocycles. The van der Waals surface area contributed by atoms with Crippen molar-refractivity contribution in [3.8, 4) is 0 Å². The average molecular weight is 287 g/mol. The number of aliphatic carboxylic acids is 1. The topological polar surface area (TPSA) is 131 Å². The summed E-state index contributed by atoms with van der Waals surface area (Å²) in [6, 6.07) is -1.68. The van der Waals surface area contributed by atoms with Gasteiger partial charge in [-0.15, -0.1) is 0 Å². The van der Waals surface area contributed by atoms with Gasteiger partial charge in [-0.05, 0) is 25.2 Å². The molecular weight excluding hydrogens is 266 g/mol. The molecule has 1 heterocycles. The Morgan fingerprint density at radius 2 is 2.15 bits per heavy atom. The van der Waals surface area contributed by atoms with Crippen molar-refractivity contribution in [3.05, 3.63) is 0 Å². The Morgan fingerprint density at radius 3 is 2.70 bits per heavy atom. The fourth-order valence-corrected chi connectivity index (χ4v) is 1.96. The van der Waals surface area contributed by atoms with Crippen LogP contribution in [0.2, 0.25) is 0 Å². The van der Waals surface area contributed by atoms with Crippen molar-refractivity contribution in [2.24, 2.45) is 11.7 Å². The van der Waals surface area contributed by atoms with Crippen LogP contribution in [-0.2, 0) is 14.3 Å². The van der Waals surface area contributed by atoms with E-state index in [0.29, 0.717) is 13.2 Å². The molecule has 0 bridgehead atoms. The Bertz CT molecular complexity index is 355. The molecule has 114 valence electrons. The Balaban J connectivity index is 2.29. The Kier molecular flexibility index (Phi) is 6.78. The number of rotatable bonds is 7. The fourth-order valence-electron chi connectivity index (χ4n) is 1.96. The highest BCUT2D eigenvalue weighted by molar-refractivity contribution is 5.83. The number of carboxylic acids is 1.